The molecule has 1 heterocycles. The second kappa shape index (κ2) is 3.11. The van der Waals surface area contributed by atoms with E-state index < -0.39 is 0 Å². The zero-order chi connectivity index (χ0) is 8.27. The molecule has 0 unspecified atom stereocenters. The second-order valence-corrected chi connectivity index (χ2v) is 1.81. The highest BCUT2D eigenvalue weighted by molar-refractivity contribution is 5.88. The normalized spacial score (nSPS) is 16.5. The van der Waals surface area contributed by atoms with E-state index >= 15 is 0 Å². The van der Waals surface area contributed by atoms with E-state index in [1.807, 2.05) is 0 Å². The minimum absolute atomic E-state index is 0.392. The Morgan fingerprint density at radius 2 is 2.27 bits per heavy atom. The third-order valence-corrected chi connectivity index (χ3v) is 1.11. The van der Waals surface area contributed by atoms with Gasteiger partial charge in [-0.3, -0.25) is 0 Å². The summed E-state index contributed by atoms with van der Waals surface area (Å²) >= 11 is 0. The molecule has 3 N–H and O–H groups in total. The van der Waals surface area contributed by atoms with Crippen LogP contribution in [0.4, 0.5) is 0 Å². The number of nitrogens with zero attached hydrogens (tertiary/aromatic N) is 2. The van der Waals surface area contributed by atoms with Crippen LogP contribution in [0.3, 0.4) is 0 Å². The van der Waals surface area contributed by atoms with Crippen LogP contribution in [0.5, 0.6) is 0 Å². The molecule has 0 aromatic carbocycles. The summed E-state index contributed by atoms with van der Waals surface area (Å²) < 4.78 is 9.69. The van der Waals surface area contributed by atoms with Gasteiger partial charge in [-0.15, -0.1) is 10.3 Å². The first-order valence-corrected chi connectivity index (χ1v) is 2.96. The molecule has 1 aliphatic rings. The Hall–Kier alpha value is -1.43. The molecule has 6 heteroatoms. The standard InChI is InChI=1S/C5H10N4O2/c1-10-4-3-5(11-2)8-9(6)7-4/h3,7H,6H2,1-2H3. The van der Waals surface area contributed by atoms with Crippen LogP contribution < -0.4 is 11.3 Å². The molecule has 0 aliphatic carbocycles. The van der Waals surface area contributed by atoms with Crippen molar-refractivity contribution in [2.75, 3.05) is 14.2 Å². The van der Waals surface area contributed by atoms with Gasteiger partial charge in [0.05, 0.1) is 20.3 Å². The predicted octanol–water partition coefficient (Wildman–Crippen LogP) is -0.872. The maximum atomic E-state index is 5.30. The molecule has 1 rings (SSSR count). The van der Waals surface area contributed by atoms with Crippen molar-refractivity contribution in [3.63, 3.8) is 0 Å². The number of rotatable bonds is 1. The number of nitrogens with one attached hydrogen (secondary N) is 1. The van der Waals surface area contributed by atoms with Gasteiger partial charge in [0.2, 0.25) is 11.8 Å². The van der Waals surface area contributed by atoms with E-state index in [0.717, 1.165) is 5.23 Å². The summed E-state index contributed by atoms with van der Waals surface area (Å²) in [5.41, 5.74) is 2.61. The molecular formula is C5H10N4O2. The molecule has 11 heavy (non-hydrogen) atoms. The van der Waals surface area contributed by atoms with E-state index in [1.165, 1.54) is 14.2 Å². The summed E-state index contributed by atoms with van der Waals surface area (Å²) in [7, 11) is 3.02. The summed E-state index contributed by atoms with van der Waals surface area (Å²) in [4.78, 5) is 0. The molecule has 0 saturated carbocycles. The summed E-state index contributed by atoms with van der Waals surface area (Å²) in [5.74, 6) is 6.18. The minimum Gasteiger partial charge on any atom is -0.481 e. The van der Waals surface area contributed by atoms with E-state index in [9.17, 15) is 0 Å². The van der Waals surface area contributed by atoms with Crippen LogP contribution >= 0.6 is 0 Å². The van der Waals surface area contributed by atoms with Crippen LogP contribution in [-0.4, -0.2) is 25.3 Å². The quantitative estimate of drug-likeness (QED) is 0.485. The second-order valence-electron chi connectivity index (χ2n) is 1.81. The van der Waals surface area contributed by atoms with E-state index in [1.54, 1.807) is 6.08 Å². The number of nitrogens with two attached hydrogens (primary N) is 1. The Kier molecular flexibility index (Phi) is 2.17. The van der Waals surface area contributed by atoms with Gasteiger partial charge in [-0.05, 0) is 0 Å². The van der Waals surface area contributed by atoms with Crippen molar-refractivity contribution in [2.45, 2.75) is 0 Å². The minimum atomic E-state index is 0.392. The molecule has 0 atom stereocenters. The molecule has 1 aliphatic heterocycles. The number of hydrogen-bond acceptors (Lipinski definition) is 6. The zero-order valence-electron chi connectivity index (χ0n) is 6.37. The summed E-state index contributed by atoms with van der Waals surface area (Å²) in [6.45, 7) is 0. The third kappa shape index (κ3) is 1.74. The van der Waals surface area contributed by atoms with Crippen molar-refractivity contribution < 1.29 is 9.47 Å². The van der Waals surface area contributed by atoms with E-state index in [0.29, 0.717) is 11.8 Å². The number of hydrazone groups is 1. The molecular weight excluding hydrogens is 148 g/mol. The van der Waals surface area contributed by atoms with Crippen LogP contribution in [0.15, 0.2) is 17.1 Å². The lowest BCUT2D eigenvalue weighted by atomic mass is 10.5. The summed E-state index contributed by atoms with van der Waals surface area (Å²) in [6.07, 6.45) is 1.59. The van der Waals surface area contributed by atoms with Crippen LogP contribution in [-0.2, 0) is 9.47 Å². The van der Waals surface area contributed by atoms with Crippen LogP contribution in [0.25, 0.3) is 0 Å². The van der Waals surface area contributed by atoms with Gasteiger partial charge in [0, 0.05) is 0 Å². The molecule has 0 spiro atoms. The third-order valence-electron chi connectivity index (χ3n) is 1.11. The fourth-order valence-electron chi connectivity index (χ4n) is 0.622. The lowest BCUT2D eigenvalue weighted by molar-refractivity contribution is 0.134. The van der Waals surface area contributed by atoms with Gasteiger partial charge < -0.3 is 9.47 Å². The van der Waals surface area contributed by atoms with E-state index in [2.05, 4.69) is 10.5 Å². The first-order valence-electron chi connectivity index (χ1n) is 2.96. The predicted molar refractivity (Wildman–Crippen MR) is 38.7 cm³/mol. The van der Waals surface area contributed by atoms with Gasteiger partial charge in [-0.25, -0.2) is 11.3 Å². The van der Waals surface area contributed by atoms with Crippen LogP contribution in [0.2, 0.25) is 0 Å². The zero-order valence-corrected chi connectivity index (χ0v) is 6.37. The fourth-order valence-corrected chi connectivity index (χ4v) is 0.622. The van der Waals surface area contributed by atoms with Gasteiger partial charge in [0.25, 0.3) is 0 Å². The summed E-state index contributed by atoms with van der Waals surface area (Å²) in [5, 5.41) is 4.75. The largest absolute Gasteiger partial charge is 0.481 e. The highest BCUT2D eigenvalue weighted by Crippen LogP contribution is 1.99. The van der Waals surface area contributed by atoms with Gasteiger partial charge in [-0.2, -0.15) is 0 Å². The fraction of sp³-hybridized carbons (Fsp3) is 0.400. The van der Waals surface area contributed by atoms with Crippen molar-refractivity contribution in [3.05, 3.63) is 12.0 Å². The Labute approximate surface area is 64.2 Å². The highest BCUT2D eigenvalue weighted by atomic mass is 16.5. The molecule has 0 bridgehead atoms. The van der Waals surface area contributed by atoms with Crippen LogP contribution in [0.1, 0.15) is 0 Å². The molecule has 62 valence electrons. The van der Waals surface area contributed by atoms with Gasteiger partial charge >= 0.3 is 0 Å². The van der Waals surface area contributed by atoms with Crippen molar-refractivity contribution in [1.29, 1.82) is 0 Å². The average molecular weight is 158 g/mol. The Balaban J connectivity index is 2.71. The topological polar surface area (TPSA) is 72.1 Å². The van der Waals surface area contributed by atoms with E-state index in [-0.39, 0.29) is 0 Å². The first-order chi connectivity index (χ1) is 5.26. The van der Waals surface area contributed by atoms with Crippen molar-refractivity contribution in [2.24, 2.45) is 10.9 Å². The molecule has 0 radical (unpaired) electrons. The number of ether oxygens (including phenoxy) is 2. The number of hydrogen-bond donors (Lipinski definition) is 2. The van der Waals surface area contributed by atoms with Crippen molar-refractivity contribution in [3.8, 4) is 0 Å². The van der Waals surface area contributed by atoms with Gasteiger partial charge in [-0.1, -0.05) is 0 Å². The van der Waals surface area contributed by atoms with Crippen LogP contribution in [0, 0.1) is 0 Å². The van der Waals surface area contributed by atoms with Gasteiger partial charge in [0.15, 0.2) is 0 Å². The SMILES string of the molecule is COC1=CC(OC)=NN(N)N1. The van der Waals surface area contributed by atoms with Crippen molar-refractivity contribution in [1.82, 2.24) is 10.7 Å². The molecule has 0 fully saturated rings. The molecule has 6 nitrogen and oxygen atoms in total. The molecule has 0 saturated heterocycles. The van der Waals surface area contributed by atoms with Crippen molar-refractivity contribution >= 4 is 5.90 Å². The maximum Gasteiger partial charge on any atom is 0.239 e. The lowest BCUT2D eigenvalue weighted by Crippen LogP contribution is -2.42. The number of methoxy groups -OCH3 is 2. The molecule has 0 aromatic heterocycles. The molecule has 0 aromatic rings. The summed E-state index contributed by atoms with van der Waals surface area (Å²) in [6, 6.07) is 0. The Morgan fingerprint density at radius 1 is 1.55 bits per heavy atom. The van der Waals surface area contributed by atoms with Gasteiger partial charge in [0.1, 0.15) is 0 Å². The smallest absolute Gasteiger partial charge is 0.239 e. The van der Waals surface area contributed by atoms with E-state index in [4.69, 9.17) is 15.3 Å². The Morgan fingerprint density at radius 3 is 2.82 bits per heavy atom. The maximum absolute atomic E-state index is 5.30. The molecule has 0 amide bonds. The highest BCUT2D eigenvalue weighted by Gasteiger charge is 2.09. The average Bonchev–Trinajstić information content (AvgIpc) is 2.03. The lowest BCUT2D eigenvalue weighted by Gasteiger charge is -2.20. The monoisotopic (exact) mass is 158 g/mol. The number of hydrazine groups is 2. The first kappa shape index (κ1) is 7.67. The Bertz CT molecular complexity index is 201.